The number of aryl methyl sites for hydroxylation is 1. The van der Waals surface area contributed by atoms with Crippen LogP contribution in [-0.2, 0) is 4.79 Å². The van der Waals surface area contributed by atoms with E-state index in [1.807, 2.05) is 13.0 Å². The first kappa shape index (κ1) is 18.0. The maximum absolute atomic E-state index is 12.6. The molecule has 1 unspecified atom stereocenters. The summed E-state index contributed by atoms with van der Waals surface area (Å²) in [7, 11) is 2.92. The van der Waals surface area contributed by atoms with Crippen LogP contribution in [0.15, 0.2) is 42.5 Å². The van der Waals surface area contributed by atoms with Gasteiger partial charge >= 0.3 is 0 Å². The largest absolute Gasteiger partial charge is 0.493 e. The fourth-order valence-electron chi connectivity index (χ4n) is 2.33. The molecular formula is C19H18N2O4. The highest BCUT2D eigenvalue weighted by atomic mass is 16.5. The summed E-state index contributed by atoms with van der Waals surface area (Å²) in [5.41, 5.74) is 1.69. The first-order valence-corrected chi connectivity index (χ1v) is 7.53. The number of ketones is 1. The van der Waals surface area contributed by atoms with Crippen molar-refractivity contribution in [1.29, 1.82) is 5.26 Å². The fourth-order valence-corrected chi connectivity index (χ4v) is 2.33. The van der Waals surface area contributed by atoms with Crippen LogP contribution in [0, 0.1) is 24.2 Å². The van der Waals surface area contributed by atoms with Gasteiger partial charge in [0.15, 0.2) is 23.2 Å². The summed E-state index contributed by atoms with van der Waals surface area (Å²) >= 11 is 0. The number of methoxy groups -OCH3 is 2. The van der Waals surface area contributed by atoms with Crippen LogP contribution in [-0.4, -0.2) is 25.9 Å². The number of carbonyl (C=O) groups excluding carboxylic acids is 2. The number of benzene rings is 2. The highest BCUT2D eigenvalue weighted by Gasteiger charge is 2.28. The van der Waals surface area contributed by atoms with E-state index in [0.29, 0.717) is 17.2 Å². The Morgan fingerprint density at radius 3 is 2.40 bits per heavy atom. The average Bonchev–Trinajstić information content (AvgIpc) is 2.61. The lowest BCUT2D eigenvalue weighted by Crippen LogP contribution is -2.28. The normalized spacial score (nSPS) is 11.1. The number of amides is 1. The van der Waals surface area contributed by atoms with E-state index in [2.05, 4.69) is 5.32 Å². The number of rotatable bonds is 6. The number of Topliss-reactive ketones (excluding diaryl/α,β-unsaturated/α-hetero) is 1. The third kappa shape index (κ3) is 4.15. The van der Waals surface area contributed by atoms with Crippen molar-refractivity contribution in [1.82, 2.24) is 0 Å². The lowest BCUT2D eigenvalue weighted by atomic mass is 9.97. The molecule has 128 valence electrons. The summed E-state index contributed by atoms with van der Waals surface area (Å²) < 4.78 is 10.3. The zero-order chi connectivity index (χ0) is 18.4. The Balaban J connectivity index is 2.23. The SMILES string of the molecule is COc1ccc(C(=O)C(C#N)C(=O)Nc2cccc(C)c2)cc1OC. The van der Waals surface area contributed by atoms with E-state index >= 15 is 0 Å². The highest BCUT2D eigenvalue weighted by Crippen LogP contribution is 2.28. The van der Waals surface area contributed by atoms with Gasteiger partial charge in [-0.2, -0.15) is 5.26 Å². The minimum atomic E-state index is -1.46. The third-order valence-electron chi connectivity index (χ3n) is 3.61. The maximum atomic E-state index is 12.6. The van der Waals surface area contributed by atoms with Gasteiger partial charge in [-0.25, -0.2) is 0 Å². The molecule has 1 amide bonds. The minimum Gasteiger partial charge on any atom is -0.493 e. The number of hydrogen-bond donors (Lipinski definition) is 1. The Bertz CT molecular complexity index is 840. The summed E-state index contributed by atoms with van der Waals surface area (Å²) in [6, 6.07) is 13.4. The number of nitrogens with zero attached hydrogens (tertiary/aromatic N) is 1. The van der Waals surface area contributed by atoms with Gasteiger partial charge in [-0.15, -0.1) is 0 Å². The molecule has 2 rings (SSSR count). The van der Waals surface area contributed by atoms with E-state index in [4.69, 9.17) is 9.47 Å². The lowest BCUT2D eigenvalue weighted by molar-refractivity contribution is -0.117. The van der Waals surface area contributed by atoms with Crippen LogP contribution in [0.1, 0.15) is 15.9 Å². The molecule has 25 heavy (non-hydrogen) atoms. The second kappa shape index (κ2) is 7.97. The van der Waals surface area contributed by atoms with Crippen molar-refractivity contribution in [3.8, 4) is 17.6 Å². The Hall–Kier alpha value is -3.33. The topological polar surface area (TPSA) is 88.4 Å². The van der Waals surface area contributed by atoms with Crippen LogP contribution in [0.2, 0.25) is 0 Å². The molecule has 0 fully saturated rings. The molecule has 2 aromatic carbocycles. The van der Waals surface area contributed by atoms with Gasteiger partial charge in [0.25, 0.3) is 0 Å². The van der Waals surface area contributed by atoms with E-state index in [0.717, 1.165) is 5.56 Å². The number of nitrogens with one attached hydrogen (secondary N) is 1. The maximum Gasteiger partial charge on any atom is 0.249 e. The van der Waals surface area contributed by atoms with E-state index in [1.165, 1.54) is 26.4 Å². The fraction of sp³-hybridized carbons (Fsp3) is 0.211. The Morgan fingerprint density at radius 2 is 1.80 bits per heavy atom. The molecule has 0 radical (unpaired) electrons. The predicted molar refractivity (Wildman–Crippen MR) is 92.8 cm³/mol. The standard InChI is InChI=1S/C19H18N2O4/c1-12-5-4-6-14(9-12)21-19(23)15(11-20)18(22)13-7-8-16(24-2)17(10-13)25-3/h4-10,15H,1-3H3,(H,21,23). The average molecular weight is 338 g/mol. The van der Waals surface area contributed by atoms with Gasteiger partial charge in [0.05, 0.1) is 20.3 Å². The first-order valence-electron chi connectivity index (χ1n) is 7.53. The summed E-state index contributed by atoms with van der Waals surface area (Å²) in [6.45, 7) is 1.88. The van der Waals surface area contributed by atoms with E-state index < -0.39 is 17.6 Å². The second-order valence-corrected chi connectivity index (χ2v) is 5.35. The Morgan fingerprint density at radius 1 is 1.08 bits per heavy atom. The van der Waals surface area contributed by atoms with Crippen LogP contribution in [0.3, 0.4) is 0 Å². The zero-order valence-corrected chi connectivity index (χ0v) is 14.2. The molecule has 0 aromatic heterocycles. The number of nitriles is 1. The molecule has 0 spiro atoms. The molecule has 6 heteroatoms. The second-order valence-electron chi connectivity index (χ2n) is 5.35. The molecule has 0 saturated carbocycles. The monoisotopic (exact) mass is 338 g/mol. The highest BCUT2D eigenvalue weighted by molar-refractivity contribution is 6.15. The van der Waals surface area contributed by atoms with Crippen LogP contribution < -0.4 is 14.8 Å². The minimum absolute atomic E-state index is 0.198. The van der Waals surface area contributed by atoms with Crippen molar-refractivity contribution in [2.45, 2.75) is 6.92 Å². The first-order chi connectivity index (χ1) is 12.0. The molecule has 0 saturated heterocycles. The van der Waals surface area contributed by atoms with Crippen molar-refractivity contribution >= 4 is 17.4 Å². The molecule has 0 bridgehead atoms. The van der Waals surface area contributed by atoms with E-state index in [-0.39, 0.29) is 5.56 Å². The number of hydrogen-bond acceptors (Lipinski definition) is 5. The third-order valence-corrected chi connectivity index (χ3v) is 3.61. The van der Waals surface area contributed by atoms with Crippen LogP contribution >= 0.6 is 0 Å². The molecule has 6 nitrogen and oxygen atoms in total. The van der Waals surface area contributed by atoms with E-state index in [1.54, 1.807) is 30.3 Å². The van der Waals surface area contributed by atoms with Crippen molar-refractivity contribution in [3.05, 3.63) is 53.6 Å². The van der Waals surface area contributed by atoms with Gasteiger partial charge in [-0.3, -0.25) is 9.59 Å². The summed E-state index contributed by atoms with van der Waals surface area (Å²) in [4.78, 5) is 24.9. The summed E-state index contributed by atoms with van der Waals surface area (Å²) in [5.74, 6) is -1.93. The summed E-state index contributed by atoms with van der Waals surface area (Å²) in [5, 5.41) is 11.9. The molecule has 2 aromatic rings. The number of ether oxygens (including phenoxy) is 2. The number of anilines is 1. The smallest absolute Gasteiger partial charge is 0.249 e. The molecule has 0 aliphatic heterocycles. The summed E-state index contributed by atoms with van der Waals surface area (Å²) in [6.07, 6.45) is 0. The molecule has 0 heterocycles. The molecule has 0 aliphatic rings. The van der Waals surface area contributed by atoms with Crippen LogP contribution in [0.25, 0.3) is 0 Å². The van der Waals surface area contributed by atoms with Crippen molar-refractivity contribution in [2.24, 2.45) is 5.92 Å². The number of carbonyl (C=O) groups is 2. The van der Waals surface area contributed by atoms with Gasteiger partial charge in [0.2, 0.25) is 5.91 Å². The molecule has 0 aliphatic carbocycles. The van der Waals surface area contributed by atoms with Crippen molar-refractivity contribution in [2.75, 3.05) is 19.5 Å². The molecular weight excluding hydrogens is 320 g/mol. The van der Waals surface area contributed by atoms with Crippen molar-refractivity contribution < 1.29 is 19.1 Å². The van der Waals surface area contributed by atoms with Gasteiger partial charge in [-0.1, -0.05) is 12.1 Å². The zero-order valence-electron chi connectivity index (χ0n) is 14.2. The van der Waals surface area contributed by atoms with Crippen LogP contribution in [0.4, 0.5) is 5.69 Å². The van der Waals surface area contributed by atoms with E-state index in [9.17, 15) is 14.9 Å². The van der Waals surface area contributed by atoms with Gasteiger partial charge in [0, 0.05) is 11.3 Å². The predicted octanol–water partition coefficient (Wildman–Crippen LogP) is 2.97. The lowest BCUT2D eigenvalue weighted by Gasteiger charge is -2.12. The Labute approximate surface area is 146 Å². The van der Waals surface area contributed by atoms with Crippen molar-refractivity contribution in [3.63, 3.8) is 0 Å². The molecule has 1 N–H and O–H groups in total. The Kier molecular flexibility index (Phi) is 5.75. The van der Waals surface area contributed by atoms with Crippen LogP contribution in [0.5, 0.6) is 11.5 Å². The quantitative estimate of drug-likeness (QED) is 0.646. The van der Waals surface area contributed by atoms with Gasteiger partial charge < -0.3 is 14.8 Å². The molecule has 1 atom stereocenters. The van der Waals surface area contributed by atoms with Gasteiger partial charge in [0.1, 0.15) is 0 Å². The van der Waals surface area contributed by atoms with Gasteiger partial charge in [-0.05, 0) is 42.8 Å².